The van der Waals surface area contributed by atoms with Gasteiger partial charge < -0.3 is 5.11 Å². The minimum absolute atomic E-state index is 0.237. The molecule has 1 atom stereocenters. The maximum absolute atomic E-state index is 11.9. The highest BCUT2D eigenvalue weighted by Crippen LogP contribution is 2.32. The highest BCUT2D eigenvalue weighted by atomic mass is 16.3. The number of aromatic hydroxyl groups is 1. The molecule has 0 amide bonds. The quantitative estimate of drug-likeness (QED) is 0.763. The minimum atomic E-state index is 0.237. The largest absolute Gasteiger partial charge is 0.508 e. The van der Waals surface area contributed by atoms with E-state index in [4.69, 9.17) is 0 Å². The number of rotatable bonds is 1. The molecule has 1 aromatic rings. The van der Waals surface area contributed by atoms with Crippen LogP contribution in [0, 0.1) is 12.8 Å². The van der Waals surface area contributed by atoms with Crippen molar-refractivity contribution in [3.8, 4) is 5.75 Å². The van der Waals surface area contributed by atoms with Gasteiger partial charge in [-0.2, -0.15) is 0 Å². The molecule has 2 heteroatoms. The van der Waals surface area contributed by atoms with Gasteiger partial charge in [-0.05, 0) is 42.5 Å². The predicted octanol–water partition coefficient (Wildman–Crippen LogP) is 2.86. The average molecular weight is 204 g/mol. The second-order valence-electron chi connectivity index (χ2n) is 4.40. The zero-order valence-electron chi connectivity index (χ0n) is 9.21. The summed E-state index contributed by atoms with van der Waals surface area (Å²) < 4.78 is 0. The third-order valence-corrected chi connectivity index (χ3v) is 3.24. The SMILES string of the molecule is CCC1CC(=O)c2c(C)cc(O)cc2C1. The van der Waals surface area contributed by atoms with Crippen LogP contribution < -0.4 is 0 Å². The highest BCUT2D eigenvalue weighted by molar-refractivity contribution is 6.00. The molecule has 1 unspecified atom stereocenters. The Morgan fingerprint density at radius 3 is 2.80 bits per heavy atom. The first kappa shape index (κ1) is 10.2. The van der Waals surface area contributed by atoms with Gasteiger partial charge in [0.1, 0.15) is 5.75 Å². The number of fused-ring (bicyclic) bond motifs is 1. The van der Waals surface area contributed by atoms with Crippen LogP contribution in [0.1, 0.15) is 41.3 Å². The molecule has 0 radical (unpaired) electrons. The molecule has 0 saturated carbocycles. The number of phenolic OH excluding ortho intramolecular Hbond substituents is 1. The Hall–Kier alpha value is -1.31. The van der Waals surface area contributed by atoms with Gasteiger partial charge in [0.15, 0.2) is 5.78 Å². The maximum Gasteiger partial charge on any atom is 0.163 e. The van der Waals surface area contributed by atoms with E-state index in [-0.39, 0.29) is 11.5 Å². The van der Waals surface area contributed by atoms with Crippen molar-refractivity contribution in [1.82, 2.24) is 0 Å². The van der Waals surface area contributed by atoms with Gasteiger partial charge in [0.2, 0.25) is 0 Å². The first-order valence-corrected chi connectivity index (χ1v) is 5.47. The van der Waals surface area contributed by atoms with Gasteiger partial charge in [-0.15, -0.1) is 0 Å². The third kappa shape index (κ3) is 1.76. The van der Waals surface area contributed by atoms with Crippen LogP contribution in [-0.4, -0.2) is 10.9 Å². The lowest BCUT2D eigenvalue weighted by Crippen LogP contribution is -2.20. The van der Waals surface area contributed by atoms with Crippen LogP contribution in [0.5, 0.6) is 5.75 Å². The summed E-state index contributed by atoms with van der Waals surface area (Å²) in [4.78, 5) is 11.9. The monoisotopic (exact) mass is 204 g/mol. The molecule has 0 spiro atoms. The Morgan fingerprint density at radius 1 is 1.40 bits per heavy atom. The summed E-state index contributed by atoms with van der Waals surface area (Å²) in [5.74, 6) is 0.961. The summed E-state index contributed by atoms with van der Waals surface area (Å²) in [5, 5.41) is 9.50. The first-order valence-electron chi connectivity index (χ1n) is 5.47. The molecule has 0 fully saturated rings. The predicted molar refractivity (Wildman–Crippen MR) is 59.3 cm³/mol. The van der Waals surface area contributed by atoms with E-state index < -0.39 is 0 Å². The van der Waals surface area contributed by atoms with Crippen LogP contribution in [0.2, 0.25) is 0 Å². The Morgan fingerprint density at radius 2 is 2.13 bits per heavy atom. The highest BCUT2D eigenvalue weighted by Gasteiger charge is 2.25. The standard InChI is InChI=1S/C13H16O2/c1-3-9-5-10-7-11(14)4-8(2)13(10)12(15)6-9/h4,7,9,14H,3,5-6H2,1-2H3. The van der Waals surface area contributed by atoms with Crippen molar-refractivity contribution in [3.05, 3.63) is 28.8 Å². The van der Waals surface area contributed by atoms with E-state index in [1.807, 2.05) is 6.92 Å². The molecule has 0 aliphatic heterocycles. The second-order valence-corrected chi connectivity index (χ2v) is 4.40. The summed E-state index contributed by atoms with van der Waals surface area (Å²) >= 11 is 0. The topological polar surface area (TPSA) is 37.3 Å². The van der Waals surface area contributed by atoms with Crippen LogP contribution in [-0.2, 0) is 6.42 Å². The molecule has 15 heavy (non-hydrogen) atoms. The van der Waals surface area contributed by atoms with Crippen molar-refractivity contribution in [3.63, 3.8) is 0 Å². The molecule has 0 saturated heterocycles. The van der Waals surface area contributed by atoms with E-state index in [0.29, 0.717) is 12.3 Å². The zero-order valence-corrected chi connectivity index (χ0v) is 9.21. The summed E-state index contributed by atoms with van der Waals surface area (Å²) in [5.41, 5.74) is 2.78. The van der Waals surface area contributed by atoms with Crippen molar-refractivity contribution in [1.29, 1.82) is 0 Å². The average Bonchev–Trinajstić information content (AvgIpc) is 2.15. The summed E-state index contributed by atoms with van der Waals surface area (Å²) in [7, 11) is 0. The fourth-order valence-corrected chi connectivity index (χ4v) is 2.44. The number of hydrogen-bond acceptors (Lipinski definition) is 2. The van der Waals surface area contributed by atoms with Crippen molar-refractivity contribution in [2.75, 3.05) is 0 Å². The van der Waals surface area contributed by atoms with Crippen molar-refractivity contribution >= 4 is 5.78 Å². The van der Waals surface area contributed by atoms with Gasteiger partial charge in [-0.1, -0.05) is 13.3 Å². The molecule has 2 nitrogen and oxygen atoms in total. The Bertz CT molecular complexity index is 407. The Balaban J connectivity index is 2.50. The minimum Gasteiger partial charge on any atom is -0.508 e. The summed E-state index contributed by atoms with van der Waals surface area (Å²) in [6.45, 7) is 4.00. The first-order chi connectivity index (χ1) is 7.11. The lowest BCUT2D eigenvalue weighted by molar-refractivity contribution is 0.0947. The van der Waals surface area contributed by atoms with Gasteiger partial charge in [-0.25, -0.2) is 0 Å². The lowest BCUT2D eigenvalue weighted by Gasteiger charge is -2.24. The fraction of sp³-hybridized carbons (Fsp3) is 0.462. The molecule has 0 bridgehead atoms. The Labute approximate surface area is 89.9 Å². The Kier molecular flexibility index (Phi) is 2.51. The number of phenols is 1. The smallest absolute Gasteiger partial charge is 0.163 e. The lowest BCUT2D eigenvalue weighted by atomic mass is 9.80. The van der Waals surface area contributed by atoms with Crippen LogP contribution in [0.25, 0.3) is 0 Å². The molecule has 1 aliphatic rings. The molecule has 0 heterocycles. The number of ketones is 1. The van der Waals surface area contributed by atoms with Crippen molar-refractivity contribution in [2.24, 2.45) is 5.92 Å². The van der Waals surface area contributed by atoms with Gasteiger partial charge >= 0.3 is 0 Å². The number of benzene rings is 1. The maximum atomic E-state index is 11.9. The van der Waals surface area contributed by atoms with E-state index in [9.17, 15) is 9.90 Å². The van der Waals surface area contributed by atoms with Crippen LogP contribution in [0.3, 0.4) is 0 Å². The summed E-state index contributed by atoms with van der Waals surface area (Å²) in [6, 6.07) is 3.41. The fourth-order valence-electron chi connectivity index (χ4n) is 2.44. The molecule has 80 valence electrons. The van der Waals surface area contributed by atoms with Gasteiger partial charge in [0, 0.05) is 12.0 Å². The van der Waals surface area contributed by atoms with Crippen LogP contribution in [0.4, 0.5) is 0 Å². The van der Waals surface area contributed by atoms with E-state index in [2.05, 4.69) is 6.92 Å². The van der Waals surface area contributed by atoms with Crippen LogP contribution in [0.15, 0.2) is 12.1 Å². The number of carbonyl (C=O) groups excluding carboxylic acids is 1. The van der Waals surface area contributed by atoms with Gasteiger partial charge in [0.05, 0.1) is 0 Å². The summed E-state index contributed by atoms with van der Waals surface area (Å²) in [6.07, 6.45) is 2.61. The zero-order chi connectivity index (χ0) is 11.0. The second kappa shape index (κ2) is 3.69. The third-order valence-electron chi connectivity index (χ3n) is 3.24. The molecule has 0 aromatic heterocycles. The molecule has 1 aromatic carbocycles. The molecule has 1 aliphatic carbocycles. The van der Waals surface area contributed by atoms with Gasteiger partial charge in [-0.3, -0.25) is 4.79 Å². The number of Topliss-reactive ketones (excluding diaryl/α,β-unsaturated/α-hetero) is 1. The normalized spacial score (nSPS) is 20.1. The number of aryl methyl sites for hydroxylation is 1. The van der Waals surface area contributed by atoms with E-state index in [0.717, 1.165) is 29.5 Å². The number of carbonyl (C=O) groups is 1. The molecule has 2 rings (SSSR count). The van der Waals surface area contributed by atoms with Crippen molar-refractivity contribution in [2.45, 2.75) is 33.1 Å². The van der Waals surface area contributed by atoms with E-state index >= 15 is 0 Å². The molecular formula is C13H16O2. The van der Waals surface area contributed by atoms with Crippen LogP contribution >= 0.6 is 0 Å². The van der Waals surface area contributed by atoms with Crippen molar-refractivity contribution < 1.29 is 9.90 Å². The molecular weight excluding hydrogens is 188 g/mol. The van der Waals surface area contributed by atoms with E-state index in [1.165, 1.54) is 0 Å². The van der Waals surface area contributed by atoms with E-state index in [1.54, 1.807) is 12.1 Å². The number of hydrogen-bond donors (Lipinski definition) is 1. The van der Waals surface area contributed by atoms with Gasteiger partial charge in [0.25, 0.3) is 0 Å². The molecule has 1 N–H and O–H groups in total.